The topological polar surface area (TPSA) is 64.3 Å². The number of ether oxygens (including phenoxy) is 1. The van der Waals surface area contributed by atoms with Gasteiger partial charge in [0.05, 0.1) is 6.61 Å². The van der Waals surface area contributed by atoms with Crippen LogP contribution in [0.3, 0.4) is 0 Å². The van der Waals surface area contributed by atoms with Crippen LogP contribution in [0.1, 0.15) is 26.7 Å². The lowest BCUT2D eigenvalue weighted by Gasteiger charge is -2.24. The maximum atomic E-state index is 11.7. The predicted octanol–water partition coefficient (Wildman–Crippen LogP) is 2.46. The third-order valence-corrected chi connectivity index (χ3v) is 3.09. The van der Waals surface area contributed by atoms with Gasteiger partial charge < -0.3 is 15.8 Å². The maximum absolute atomic E-state index is 11.7. The van der Waals surface area contributed by atoms with Gasteiger partial charge >= 0.3 is 0 Å². The molecule has 0 fully saturated rings. The number of hydrogen-bond acceptors (Lipinski definition) is 3. The van der Waals surface area contributed by atoms with E-state index in [4.69, 9.17) is 10.5 Å². The molecule has 0 atom stereocenters. The fourth-order valence-corrected chi connectivity index (χ4v) is 1.85. The lowest BCUT2D eigenvalue weighted by molar-refractivity contribution is -0.122. The molecule has 106 valence electrons. The smallest absolute Gasteiger partial charge is 0.220 e. The molecule has 0 saturated heterocycles. The SMILES string of the molecule is CC(C)(CN)NC(=O)CCCOc1cccc(Br)c1. The molecule has 3 N–H and O–H groups in total. The zero-order chi connectivity index (χ0) is 14.3. The Morgan fingerprint density at radius 3 is 2.84 bits per heavy atom. The van der Waals surface area contributed by atoms with E-state index in [1.165, 1.54) is 0 Å². The molecule has 0 radical (unpaired) electrons. The summed E-state index contributed by atoms with van der Waals surface area (Å²) in [4.78, 5) is 11.7. The minimum absolute atomic E-state index is 0.00768. The number of carbonyl (C=O) groups excluding carboxylic acids is 1. The molecule has 1 amide bonds. The van der Waals surface area contributed by atoms with Crippen LogP contribution in [0, 0.1) is 0 Å². The summed E-state index contributed by atoms with van der Waals surface area (Å²) in [5.41, 5.74) is 5.21. The third kappa shape index (κ3) is 6.59. The van der Waals surface area contributed by atoms with Crippen molar-refractivity contribution in [3.8, 4) is 5.75 Å². The number of amides is 1. The highest BCUT2D eigenvalue weighted by molar-refractivity contribution is 9.10. The number of nitrogens with one attached hydrogen (secondary N) is 1. The first-order valence-electron chi connectivity index (χ1n) is 6.32. The van der Waals surface area contributed by atoms with E-state index >= 15 is 0 Å². The van der Waals surface area contributed by atoms with Crippen LogP contribution in [0.4, 0.5) is 0 Å². The Morgan fingerprint density at radius 1 is 1.47 bits per heavy atom. The number of nitrogens with two attached hydrogens (primary N) is 1. The van der Waals surface area contributed by atoms with Gasteiger partial charge in [-0.15, -0.1) is 0 Å². The zero-order valence-corrected chi connectivity index (χ0v) is 13.0. The molecule has 1 aromatic carbocycles. The number of carbonyl (C=O) groups is 1. The summed E-state index contributed by atoms with van der Waals surface area (Å²) in [6.45, 7) is 4.76. The van der Waals surface area contributed by atoms with Gasteiger partial charge in [-0.2, -0.15) is 0 Å². The van der Waals surface area contributed by atoms with Crippen molar-refractivity contribution in [3.63, 3.8) is 0 Å². The quantitative estimate of drug-likeness (QED) is 0.756. The van der Waals surface area contributed by atoms with Gasteiger partial charge in [0.2, 0.25) is 5.91 Å². The molecule has 1 rings (SSSR count). The fraction of sp³-hybridized carbons (Fsp3) is 0.500. The summed E-state index contributed by atoms with van der Waals surface area (Å²) in [6, 6.07) is 7.64. The molecule has 0 aliphatic carbocycles. The average Bonchev–Trinajstić information content (AvgIpc) is 2.34. The van der Waals surface area contributed by atoms with Crippen molar-refractivity contribution in [2.45, 2.75) is 32.2 Å². The van der Waals surface area contributed by atoms with Crippen LogP contribution >= 0.6 is 15.9 Å². The highest BCUT2D eigenvalue weighted by Gasteiger charge is 2.17. The largest absolute Gasteiger partial charge is 0.494 e. The highest BCUT2D eigenvalue weighted by atomic mass is 79.9. The summed E-state index contributed by atoms with van der Waals surface area (Å²) in [5, 5.41) is 2.89. The van der Waals surface area contributed by atoms with E-state index in [9.17, 15) is 4.79 Å². The Bertz CT molecular complexity index is 422. The van der Waals surface area contributed by atoms with Gasteiger partial charge in [-0.1, -0.05) is 22.0 Å². The second-order valence-electron chi connectivity index (χ2n) is 5.05. The number of rotatable bonds is 7. The molecule has 4 nitrogen and oxygen atoms in total. The zero-order valence-electron chi connectivity index (χ0n) is 11.4. The average molecular weight is 329 g/mol. The Hall–Kier alpha value is -1.07. The van der Waals surface area contributed by atoms with Crippen LogP contribution in [0.5, 0.6) is 5.75 Å². The van der Waals surface area contributed by atoms with E-state index < -0.39 is 0 Å². The third-order valence-electron chi connectivity index (χ3n) is 2.60. The monoisotopic (exact) mass is 328 g/mol. The van der Waals surface area contributed by atoms with E-state index in [0.717, 1.165) is 10.2 Å². The van der Waals surface area contributed by atoms with Gasteiger partial charge in [-0.3, -0.25) is 4.79 Å². The molecular weight excluding hydrogens is 308 g/mol. The molecule has 0 unspecified atom stereocenters. The number of benzene rings is 1. The molecular formula is C14H21BrN2O2. The first-order chi connectivity index (χ1) is 8.93. The summed E-state index contributed by atoms with van der Waals surface area (Å²) in [5.74, 6) is 0.811. The summed E-state index contributed by atoms with van der Waals surface area (Å²) in [6.07, 6.45) is 1.12. The molecule has 0 saturated carbocycles. The lowest BCUT2D eigenvalue weighted by Crippen LogP contribution is -2.48. The van der Waals surface area contributed by atoms with Gasteiger partial charge in [0.15, 0.2) is 0 Å². The second-order valence-corrected chi connectivity index (χ2v) is 5.96. The van der Waals surface area contributed by atoms with Gasteiger partial charge in [0, 0.05) is 23.0 Å². The predicted molar refractivity (Wildman–Crippen MR) is 80.1 cm³/mol. The Balaban J connectivity index is 2.22. The molecule has 19 heavy (non-hydrogen) atoms. The van der Waals surface area contributed by atoms with Crippen molar-refractivity contribution < 1.29 is 9.53 Å². The van der Waals surface area contributed by atoms with Crippen molar-refractivity contribution in [2.75, 3.05) is 13.2 Å². The van der Waals surface area contributed by atoms with E-state index in [1.807, 2.05) is 38.1 Å². The lowest BCUT2D eigenvalue weighted by atomic mass is 10.1. The van der Waals surface area contributed by atoms with E-state index in [2.05, 4.69) is 21.2 Å². The van der Waals surface area contributed by atoms with Gasteiger partial charge in [-0.25, -0.2) is 0 Å². The minimum Gasteiger partial charge on any atom is -0.494 e. The molecule has 0 spiro atoms. The normalized spacial score (nSPS) is 11.2. The van der Waals surface area contributed by atoms with Crippen LogP contribution in [-0.2, 0) is 4.79 Å². The van der Waals surface area contributed by atoms with Gasteiger partial charge in [0.1, 0.15) is 5.75 Å². The Morgan fingerprint density at radius 2 is 2.21 bits per heavy atom. The molecule has 0 aromatic heterocycles. The van der Waals surface area contributed by atoms with Crippen molar-refractivity contribution >= 4 is 21.8 Å². The van der Waals surface area contributed by atoms with E-state index in [1.54, 1.807) is 0 Å². The number of halogens is 1. The molecule has 0 bridgehead atoms. The highest BCUT2D eigenvalue weighted by Crippen LogP contribution is 2.17. The molecule has 0 heterocycles. The second kappa shape index (κ2) is 7.50. The van der Waals surface area contributed by atoms with E-state index in [-0.39, 0.29) is 11.4 Å². The minimum atomic E-state index is -0.345. The summed E-state index contributed by atoms with van der Waals surface area (Å²) >= 11 is 3.38. The Kier molecular flexibility index (Phi) is 6.31. The molecule has 5 heteroatoms. The summed E-state index contributed by atoms with van der Waals surface area (Å²) < 4.78 is 6.54. The number of hydrogen-bond donors (Lipinski definition) is 2. The molecule has 0 aliphatic rings. The standard InChI is InChI=1S/C14H21BrN2O2/c1-14(2,10-16)17-13(18)7-4-8-19-12-6-3-5-11(15)9-12/h3,5-6,9H,4,7-8,10,16H2,1-2H3,(H,17,18). The molecule has 1 aromatic rings. The Labute approximate surface area is 122 Å². The van der Waals surface area contributed by atoms with Crippen molar-refractivity contribution in [1.82, 2.24) is 5.32 Å². The van der Waals surface area contributed by atoms with Crippen molar-refractivity contribution in [2.24, 2.45) is 5.73 Å². The van der Waals surface area contributed by atoms with Crippen molar-refractivity contribution in [1.29, 1.82) is 0 Å². The van der Waals surface area contributed by atoms with Crippen LogP contribution < -0.4 is 15.8 Å². The van der Waals surface area contributed by atoms with Crippen LogP contribution in [-0.4, -0.2) is 24.6 Å². The maximum Gasteiger partial charge on any atom is 0.220 e. The van der Waals surface area contributed by atoms with E-state index in [0.29, 0.717) is 26.0 Å². The van der Waals surface area contributed by atoms with Crippen LogP contribution in [0.15, 0.2) is 28.7 Å². The first-order valence-corrected chi connectivity index (χ1v) is 7.12. The van der Waals surface area contributed by atoms with Gasteiger partial charge in [-0.05, 0) is 38.5 Å². The van der Waals surface area contributed by atoms with Crippen molar-refractivity contribution in [3.05, 3.63) is 28.7 Å². The van der Waals surface area contributed by atoms with Gasteiger partial charge in [0.25, 0.3) is 0 Å². The van der Waals surface area contributed by atoms with Crippen LogP contribution in [0.2, 0.25) is 0 Å². The fourth-order valence-electron chi connectivity index (χ4n) is 1.47. The summed E-state index contributed by atoms with van der Waals surface area (Å²) in [7, 11) is 0. The van der Waals surface area contributed by atoms with Crippen LogP contribution in [0.25, 0.3) is 0 Å². The molecule has 0 aliphatic heterocycles. The first kappa shape index (κ1) is 16.0.